The van der Waals surface area contributed by atoms with E-state index >= 15 is 0 Å². The van der Waals surface area contributed by atoms with Gasteiger partial charge < -0.3 is 15.1 Å². The quantitative estimate of drug-likeness (QED) is 0.895. The zero-order valence-corrected chi connectivity index (χ0v) is 11.5. The molecule has 1 aromatic rings. The number of carbonyl (C=O) groups is 2. The minimum Gasteiger partial charge on any atom is -0.481 e. The molecule has 0 bridgehead atoms. The number of nitrogens with zero attached hydrogens (tertiary/aromatic N) is 1. The van der Waals surface area contributed by atoms with E-state index < -0.39 is 18.0 Å². The van der Waals surface area contributed by atoms with Crippen LogP contribution < -0.4 is 0 Å². The number of benzene rings is 1. The lowest BCUT2D eigenvalue weighted by Gasteiger charge is -2.36. The van der Waals surface area contributed by atoms with Crippen LogP contribution in [0.1, 0.15) is 24.8 Å². The standard InChI is InChI=1S/C15H18FNO4/c16-12-4-1-10(2-5-12)3-6-13-9-11(14(18)19)7-8-17(13)15(20)21/h1-2,4-5,11,13H,3,6-9H2,(H,18,19)(H,20,21). The number of hydrogen-bond donors (Lipinski definition) is 2. The van der Waals surface area contributed by atoms with Gasteiger partial charge in [0.05, 0.1) is 5.92 Å². The average Bonchev–Trinajstić information content (AvgIpc) is 2.46. The van der Waals surface area contributed by atoms with Gasteiger partial charge in [0.25, 0.3) is 0 Å². The lowest BCUT2D eigenvalue weighted by atomic mass is 9.88. The third kappa shape index (κ3) is 3.93. The first-order valence-corrected chi connectivity index (χ1v) is 6.94. The van der Waals surface area contributed by atoms with E-state index in [1.165, 1.54) is 17.0 Å². The van der Waals surface area contributed by atoms with Gasteiger partial charge in [0.2, 0.25) is 0 Å². The Balaban J connectivity index is 2.00. The Morgan fingerprint density at radius 3 is 2.48 bits per heavy atom. The van der Waals surface area contributed by atoms with Crippen molar-refractivity contribution in [2.24, 2.45) is 5.92 Å². The van der Waals surface area contributed by atoms with Gasteiger partial charge in [0.15, 0.2) is 0 Å². The summed E-state index contributed by atoms with van der Waals surface area (Å²) in [6.07, 6.45) is 0.822. The third-order valence-corrected chi connectivity index (χ3v) is 3.99. The molecule has 1 heterocycles. The van der Waals surface area contributed by atoms with Crippen LogP contribution in [-0.4, -0.2) is 39.8 Å². The number of carboxylic acid groups (broad SMARTS) is 2. The van der Waals surface area contributed by atoms with Crippen molar-refractivity contribution in [3.63, 3.8) is 0 Å². The topological polar surface area (TPSA) is 77.8 Å². The van der Waals surface area contributed by atoms with E-state index in [0.717, 1.165) is 5.56 Å². The molecular weight excluding hydrogens is 277 g/mol. The molecule has 2 N–H and O–H groups in total. The van der Waals surface area contributed by atoms with E-state index in [2.05, 4.69) is 0 Å². The molecule has 1 fully saturated rings. The summed E-state index contributed by atoms with van der Waals surface area (Å²) in [5.74, 6) is -1.67. The molecule has 0 aromatic heterocycles. The highest BCUT2D eigenvalue weighted by Crippen LogP contribution is 2.26. The second-order valence-electron chi connectivity index (χ2n) is 5.35. The molecule has 21 heavy (non-hydrogen) atoms. The molecule has 0 saturated carbocycles. The Morgan fingerprint density at radius 2 is 1.90 bits per heavy atom. The van der Waals surface area contributed by atoms with Crippen molar-refractivity contribution in [2.45, 2.75) is 31.7 Å². The normalized spacial score (nSPS) is 22.0. The number of piperidine rings is 1. The monoisotopic (exact) mass is 295 g/mol. The third-order valence-electron chi connectivity index (χ3n) is 3.99. The number of halogens is 1. The second kappa shape index (κ2) is 6.56. The molecule has 6 heteroatoms. The summed E-state index contributed by atoms with van der Waals surface area (Å²) in [6.45, 7) is 0.250. The first-order chi connectivity index (χ1) is 9.97. The SMILES string of the molecule is O=C(O)C1CCN(C(=O)O)C(CCc2ccc(F)cc2)C1. The van der Waals surface area contributed by atoms with Gasteiger partial charge in [-0.25, -0.2) is 9.18 Å². The molecule has 1 saturated heterocycles. The van der Waals surface area contributed by atoms with Gasteiger partial charge in [-0.2, -0.15) is 0 Å². The molecule has 2 rings (SSSR count). The minimum atomic E-state index is -1.01. The summed E-state index contributed by atoms with van der Waals surface area (Å²) in [5.41, 5.74) is 0.916. The van der Waals surface area contributed by atoms with Crippen LogP contribution >= 0.6 is 0 Å². The molecule has 0 radical (unpaired) electrons. The maximum absolute atomic E-state index is 12.8. The highest BCUT2D eigenvalue weighted by atomic mass is 19.1. The number of rotatable bonds is 4. The minimum absolute atomic E-state index is 0.250. The van der Waals surface area contributed by atoms with E-state index in [1.54, 1.807) is 12.1 Å². The van der Waals surface area contributed by atoms with Crippen molar-refractivity contribution in [3.8, 4) is 0 Å². The van der Waals surface area contributed by atoms with Gasteiger partial charge in [-0.15, -0.1) is 0 Å². The van der Waals surface area contributed by atoms with Gasteiger partial charge in [-0.1, -0.05) is 12.1 Å². The van der Waals surface area contributed by atoms with E-state index in [9.17, 15) is 19.1 Å². The van der Waals surface area contributed by atoms with Gasteiger partial charge in [-0.05, 0) is 43.4 Å². The second-order valence-corrected chi connectivity index (χ2v) is 5.35. The smallest absolute Gasteiger partial charge is 0.407 e. The number of hydrogen-bond acceptors (Lipinski definition) is 2. The fourth-order valence-corrected chi connectivity index (χ4v) is 2.79. The Kier molecular flexibility index (Phi) is 4.77. The summed E-state index contributed by atoms with van der Waals surface area (Å²) in [6, 6.07) is 5.76. The van der Waals surface area contributed by atoms with Gasteiger partial charge in [0.1, 0.15) is 5.82 Å². The predicted molar refractivity (Wildman–Crippen MR) is 73.6 cm³/mol. The number of likely N-dealkylation sites (tertiary alicyclic amines) is 1. The highest BCUT2D eigenvalue weighted by Gasteiger charge is 2.34. The van der Waals surface area contributed by atoms with Crippen LogP contribution in [0.5, 0.6) is 0 Å². The molecule has 114 valence electrons. The van der Waals surface area contributed by atoms with E-state index in [4.69, 9.17) is 5.11 Å². The van der Waals surface area contributed by atoms with E-state index in [1.807, 2.05) is 0 Å². The van der Waals surface area contributed by atoms with Crippen LogP contribution in [0.4, 0.5) is 9.18 Å². The summed E-state index contributed by atoms with van der Waals surface area (Å²) in [4.78, 5) is 23.6. The molecule has 1 aliphatic heterocycles. The molecule has 1 amide bonds. The Bertz CT molecular complexity index is 517. The maximum Gasteiger partial charge on any atom is 0.407 e. The Labute approximate surface area is 122 Å². The fraction of sp³-hybridized carbons (Fsp3) is 0.467. The van der Waals surface area contributed by atoms with Crippen LogP contribution in [0, 0.1) is 11.7 Å². The lowest BCUT2D eigenvalue weighted by molar-refractivity contribution is -0.144. The highest BCUT2D eigenvalue weighted by molar-refractivity contribution is 5.71. The van der Waals surface area contributed by atoms with Crippen LogP contribution in [-0.2, 0) is 11.2 Å². The van der Waals surface area contributed by atoms with E-state index in [-0.39, 0.29) is 18.4 Å². The van der Waals surface area contributed by atoms with Crippen molar-refractivity contribution in [3.05, 3.63) is 35.6 Å². The first kappa shape index (κ1) is 15.3. The zero-order chi connectivity index (χ0) is 15.4. The summed E-state index contributed by atoms with van der Waals surface area (Å²) >= 11 is 0. The molecule has 2 atom stereocenters. The van der Waals surface area contributed by atoms with Crippen LogP contribution in [0.3, 0.4) is 0 Å². The largest absolute Gasteiger partial charge is 0.481 e. The molecule has 0 spiro atoms. The molecule has 2 unspecified atom stereocenters. The van der Waals surface area contributed by atoms with Crippen LogP contribution in [0.15, 0.2) is 24.3 Å². The molecule has 1 aromatic carbocycles. The molecule has 0 aliphatic carbocycles. The van der Waals surface area contributed by atoms with Gasteiger partial charge >= 0.3 is 12.1 Å². The van der Waals surface area contributed by atoms with Crippen molar-refractivity contribution < 1.29 is 24.2 Å². The van der Waals surface area contributed by atoms with Crippen LogP contribution in [0.25, 0.3) is 0 Å². The lowest BCUT2D eigenvalue weighted by Crippen LogP contribution is -2.47. The molecular formula is C15H18FNO4. The average molecular weight is 295 g/mol. The van der Waals surface area contributed by atoms with E-state index in [0.29, 0.717) is 25.7 Å². The van der Waals surface area contributed by atoms with Gasteiger partial charge in [-0.3, -0.25) is 4.79 Å². The van der Waals surface area contributed by atoms with Crippen molar-refractivity contribution in [1.29, 1.82) is 0 Å². The number of aryl methyl sites for hydroxylation is 1. The first-order valence-electron chi connectivity index (χ1n) is 6.94. The zero-order valence-electron chi connectivity index (χ0n) is 11.5. The van der Waals surface area contributed by atoms with Crippen molar-refractivity contribution >= 4 is 12.1 Å². The van der Waals surface area contributed by atoms with Crippen molar-refractivity contribution in [2.75, 3.05) is 6.54 Å². The number of carboxylic acids is 1. The van der Waals surface area contributed by atoms with Crippen molar-refractivity contribution in [1.82, 2.24) is 4.90 Å². The molecule has 1 aliphatic rings. The fourth-order valence-electron chi connectivity index (χ4n) is 2.79. The number of amides is 1. The van der Waals surface area contributed by atoms with Gasteiger partial charge in [0, 0.05) is 12.6 Å². The predicted octanol–water partition coefficient (Wildman–Crippen LogP) is 2.60. The van der Waals surface area contributed by atoms with Crippen LogP contribution in [0.2, 0.25) is 0 Å². The summed E-state index contributed by atoms with van der Waals surface area (Å²) < 4.78 is 12.8. The Morgan fingerprint density at radius 1 is 1.24 bits per heavy atom. The summed E-state index contributed by atoms with van der Waals surface area (Å²) in [7, 11) is 0. The number of aliphatic carboxylic acids is 1. The Hall–Kier alpha value is -2.11. The molecule has 5 nitrogen and oxygen atoms in total. The summed E-state index contributed by atoms with van der Waals surface area (Å²) in [5, 5.41) is 18.3. The maximum atomic E-state index is 12.8.